The minimum atomic E-state index is -4.39. The molecule has 0 aliphatic rings. The van der Waals surface area contributed by atoms with Gasteiger partial charge in [0.25, 0.3) is 0 Å². The Morgan fingerprint density at radius 1 is 0.971 bits per heavy atom. The zero-order valence-electron chi connectivity index (χ0n) is 18.5. The molecule has 1 atom stereocenters. The van der Waals surface area contributed by atoms with Gasteiger partial charge in [-0.15, -0.1) is 5.10 Å². The third-order valence-electron chi connectivity index (χ3n) is 5.63. The molecular formula is C23H20F4N8. The van der Waals surface area contributed by atoms with E-state index in [2.05, 4.69) is 20.3 Å². The van der Waals surface area contributed by atoms with Crippen molar-refractivity contribution in [2.75, 3.05) is 5.73 Å². The van der Waals surface area contributed by atoms with Gasteiger partial charge in [0.1, 0.15) is 12.4 Å². The van der Waals surface area contributed by atoms with Crippen molar-refractivity contribution in [2.24, 2.45) is 0 Å². The second kappa shape index (κ2) is 8.53. The number of hydrogen-bond acceptors (Lipinski definition) is 5. The van der Waals surface area contributed by atoms with Crippen molar-refractivity contribution in [1.82, 2.24) is 34.2 Å². The predicted octanol–water partition coefficient (Wildman–Crippen LogP) is 4.74. The van der Waals surface area contributed by atoms with Crippen molar-refractivity contribution in [2.45, 2.75) is 32.1 Å². The van der Waals surface area contributed by atoms with Crippen molar-refractivity contribution >= 4 is 11.6 Å². The van der Waals surface area contributed by atoms with E-state index >= 15 is 0 Å². The Morgan fingerprint density at radius 2 is 1.71 bits per heavy atom. The van der Waals surface area contributed by atoms with Crippen LogP contribution in [0.4, 0.5) is 23.5 Å². The highest BCUT2D eigenvalue weighted by atomic mass is 19.4. The molecule has 0 fully saturated rings. The summed E-state index contributed by atoms with van der Waals surface area (Å²) in [5, 5.41) is 12.5. The summed E-state index contributed by atoms with van der Waals surface area (Å²) >= 11 is 0. The highest BCUT2D eigenvalue weighted by molar-refractivity contribution is 5.81. The van der Waals surface area contributed by atoms with Crippen molar-refractivity contribution in [3.05, 3.63) is 72.7 Å². The third kappa shape index (κ3) is 4.59. The molecule has 35 heavy (non-hydrogen) atoms. The molecule has 180 valence electrons. The maximum absolute atomic E-state index is 13.4. The van der Waals surface area contributed by atoms with Gasteiger partial charge in [0.2, 0.25) is 5.95 Å². The second-order valence-corrected chi connectivity index (χ2v) is 8.11. The largest absolute Gasteiger partial charge is 0.408 e. The molecule has 0 radical (unpaired) electrons. The summed E-state index contributed by atoms with van der Waals surface area (Å²) in [6.45, 7) is 0.808. The average Bonchev–Trinajstić information content (AvgIpc) is 3.53. The summed E-state index contributed by atoms with van der Waals surface area (Å²) in [6.07, 6.45) is 4.26. The fourth-order valence-corrected chi connectivity index (χ4v) is 4.06. The van der Waals surface area contributed by atoms with E-state index in [4.69, 9.17) is 5.73 Å². The number of nitrogens with two attached hydrogens (primary N) is 1. The van der Waals surface area contributed by atoms with E-state index in [1.807, 2.05) is 13.1 Å². The number of fused-ring (bicyclic) bond motifs is 1. The average molecular weight is 484 g/mol. The number of hydrogen-bond donors (Lipinski definition) is 1. The molecular weight excluding hydrogens is 464 g/mol. The minimum absolute atomic E-state index is 0.0316. The van der Waals surface area contributed by atoms with Gasteiger partial charge in [-0.2, -0.15) is 28.4 Å². The smallest absolute Gasteiger partial charge is 0.366 e. The summed E-state index contributed by atoms with van der Waals surface area (Å²) in [4.78, 5) is 4.22. The molecule has 1 aromatic carbocycles. The Kier molecular flexibility index (Phi) is 5.50. The molecule has 0 saturated heterocycles. The Hall–Kier alpha value is -4.22. The van der Waals surface area contributed by atoms with Crippen LogP contribution >= 0.6 is 0 Å². The fourth-order valence-electron chi connectivity index (χ4n) is 4.06. The standard InChI is InChI=1S/C23H20F4N8/c1-2-20(14-3-5-18(24)6-4-14)34-12-16(8-30-34)15-7-19(21-31-22(28)32-35(21)11-15)17-9-29-33(10-17)13-23(25,26)27/h3-12,20H,2,13H2,1H3,(H2,28,32)/t20-/m0/s1. The Balaban J connectivity index is 1.55. The number of pyridine rings is 1. The van der Waals surface area contributed by atoms with Crippen LogP contribution in [0.3, 0.4) is 0 Å². The zero-order chi connectivity index (χ0) is 24.7. The normalized spacial score (nSPS) is 12.9. The number of benzene rings is 1. The molecule has 0 unspecified atom stereocenters. The van der Waals surface area contributed by atoms with Gasteiger partial charge in [-0.25, -0.2) is 8.91 Å². The van der Waals surface area contributed by atoms with Crippen molar-refractivity contribution in [1.29, 1.82) is 0 Å². The van der Waals surface area contributed by atoms with Crippen molar-refractivity contribution < 1.29 is 17.6 Å². The van der Waals surface area contributed by atoms with Gasteiger partial charge in [-0.1, -0.05) is 19.1 Å². The molecule has 0 spiro atoms. The lowest BCUT2D eigenvalue weighted by atomic mass is 10.0. The maximum Gasteiger partial charge on any atom is 0.408 e. The highest BCUT2D eigenvalue weighted by Crippen LogP contribution is 2.31. The monoisotopic (exact) mass is 484 g/mol. The topological polar surface area (TPSA) is 91.8 Å². The van der Waals surface area contributed by atoms with Crippen LogP contribution in [0.25, 0.3) is 27.9 Å². The molecule has 12 heteroatoms. The third-order valence-corrected chi connectivity index (χ3v) is 5.63. The fraction of sp³-hybridized carbons (Fsp3) is 0.217. The van der Waals surface area contributed by atoms with Crippen molar-refractivity contribution in [3.63, 3.8) is 0 Å². The number of aromatic nitrogens is 7. The molecule has 2 N–H and O–H groups in total. The molecule has 0 amide bonds. The minimum Gasteiger partial charge on any atom is -0.366 e. The summed E-state index contributed by atoms with van der Waals surface area (Å²) in [5.41, 5.74) is 9.54. The molecule has 4 aromatic heterocycles. The van der Waals surface area contributed by atoms with Crippen LogP contribution in [-0.4, -0.2) is 40.3 Å². The zero-order valence-corrected chi connectivity index (χ0v) is 18.5. The summed E-state index contributed by atoms with van der Waals surface area (Å²) in [7, 11) is 0. The van der Waals surface area contributed by atoms with Crippen LogP contribution in [0.15, 0.2) is 61.3 Å². The highest BCUT2D eigenvalue weighted by Gasteiger charge is 2.28. The number of nitrogens with zero attached hydrogens (tertiary/aromatic N) is 7. The number of nitrogen functional groups attached to an aromatic ring is 1. The van der Waals surface area contributed by atoms with Crippen LogP contribution in [-0.2, 0) is 6.54 Å². The lowest BCUT2D eigenvalue weighted by Crippen LogP contribution is -2.17. The number of anilines is 1. The van der Waals surface area contributed by atoms with Gasteiger partial charge >= 0.3 is 6.18 Å². The molecule has 0 aliphatic heterocycles. The van der Waals surface area contributed by atoms with Crippen LogP contribution < -0.4 is 5.73 Å². The number of alkyl halides is 3. The summed E-state index contributed by atoms with van der Waals surface area (Å²) in [6, 6.07) is 7.97. The molecule has 0 saturated carbocycles. The number of halogens is 4. The lowest BCUT2D eigenvalue weighted by Gasteiger charge is -2.16. The van der Waals surface area contributed by atoms with Gasteiger partial charge in [0.05, 0.1) is 18.4 Å². The van der Waals surface area contributed by atoms with E-state index in [1.54, 1.807) is 35.3 Å². The Bertz CT molecular complexity index is 1480. The SMILES string of the molecule is CC[C@@H](c1ccc(F)cc1)n1cc(-c2cc(-c3cnn(CC(F)(F)F)c3)c3nc(N)nn3c2)cn1. The molecule has 0 aliphatic carbocycles. The first kappa shape index (κ1) is 22.6. The van der Waals surface area contributed by atoms with E-state index in [0.717, 1.165) is 22.2 Å². The molecule has 4 heterocycles. The molecule has 8 nitrogen and oxygen atoms in total. The van der Waals surface area contributed by atoms with Crippen LogP contribution in [0.1, 0.15) is 24.9 Å². The second-order valence-electron chi connectivity index (χ2n) is 8.11. The quantitative estimate of drug-likeness (QED) is 0.352. The van der Waals surface area contributed by atoms with Crippen molar-refractivity contribution in [3.8, 4) is 22.3 Å². The van der Waals surface area contributed by atoms with E-state index in [9.17, 15) is 17.6 Å². The summed E-state index contributed by atoms with van der Waals surface area (Å²) in [5.74, 6) is -0.277. The van der Waals surface area contributed by atoms with Gasteiger partial charge < -0.3 is 5.73 Å². The first-order valence-corrected chi connectivity index (χ1v) is 10.8. The lowest BCUT2D eigenvalue weighted by molar-refractivity contribution is -0.142. The molecule has 5 aromatic rings. The van der Waals surface area contributed by atoms with E-state index in [0.29, 0.717) is 22.3 Å². The van der Waals surface area contributed by atoms with E-state index < -0.39 is 12.7 Å². The van der Waals surface area contributed by atoms with Crippen LogP contribution in [0.5, 0.6) is 0 Å². The molecule has 0 bridgehead atoms. The van der Waals surface area contributed by atoms with Gasteiger partial charge in [-0.3, -0.25) is 9.36 Å². The van der Waals surface area contributed by atoms with E-state index in [1.165, 1.54) is 29.0 Å². The summed E-state index contributed by atoms with van der Waals surface area (Å²) < 4.78 is 55.9. The molecule has 5 rings (SSSR count). The van der Waals surface area contributed by atoms with Gasteiger partial charge in [0.15, 0.2) is 5.65 Å². The maximum atomic E-state index is 13.4. The Morgan fingerprint density at radius 3 is 2.43 bits per heavy atom. The van der Waals surface area contributed by atoms with Crippen LogP contribution in [0, 0.1) is 5.82 Å². The van der Waals surface area contributed by atoms with E-state index in [-0.39, 0.29) is 17.8 Å². The first-order valence-electron chi connectivity index (χ1n) is 10.8. The Labute approximate surface area is 196 Å². The number of rotatable bonds is 6. The van der Waals surface area contributed by atoms with Crippen LogP contribution in [0.2, 0.25) is 0 Å². The predicted molar refractivity (Wildman–Crippen MR) is 121 cm³/mol. The first-order chi connectivity index (χ1) is 16.7. The van der Waals surface area contributed by atoms with Gasteiger partial charge in [-0.05, 0) is 30.2 Å². The van der Waals surface area contributed by atoms with Gasteiger partial charge in [0, 0.05) is 40.8 Å².